The zero-order valence-electron chi connectivity index (χ0n) is 16.8. The predicted octanol–water partition coefficient (Wildman–Crippen LogP) is 6.73. The quantitative estimate of drug-likeness (QED) is 0.228. The number of hydrogen-bond acceptors (Lipinski definition) is 8. The Hall–Kier alpha value is -2.82. The first-order valence-electron chi connectivity index (χ1n) is 9.26. The number of benzene rings is 2. The van der Waals surface area contributed by atoms with Crippen LogP contribution in [0.15, 0.2) is 34.5 Å². The highest BCUT2D eigenvalue weighted by atomic mass is 35.5. The van der Waals surface area contributed by atoms with Crippen LogP contribution in [-0.2, 0) is 4.79 Å². The molecule has 0 fully saturated rings. The first-order chi connectivity index (χ1) is 14.7. The molecular formula is C19H18Cl2N6O3S. The van der Waals surface area contributed by atoms with Crippen LogP contribution in [0.5, 0.6) is 0 Å². The molecule has 0 spiro atoms. The number of thiazole rings is 1. The highest BCUT2D eigenvalue weighted by Gasteiger charge is 2.22. The molecule has 31 heavy (non-hydrogen) atoms. The van der Waals surface area contributed by atoms with Crippen LogP contribution < -0.4 is 10.2 Å². The second kappa shape index (κ2) is 9.54. The summed E-state index contributed by atoms with van der Waals surface area (Å²) in [7, 11) is 0. The summed E-state index contributed by atoms with van der Waals surface area (Å²) >= 11 is 13.2. The van der Waals surface area contributed by atoms with E-state index in [1.54, 1.807) is 6.07 Å². The summed E-state index contributed by atoms with van der Waals surface area (Å²) in [5.41, 5.74) is 1.68. The molecular weight excluding hydrogens is 463 g/mol. The third-order valence-corrected chi connectivity index (χ3v) is 6.25. The van der Waals surface area contributed by atoms with Crippen LogP contribution in [-0.4, -0.2) is 28.9 Å². The molecule has 2 aromatic carbocycles. The van der Waals surface area contributed by atoms with Crippen molar-refractivity contribution in [2.24, 2.45) is 10.2 Å². The molecule has 1 amide bonds. The van der Waals surface area contributed by atoms with E-state index < -0.39 is 4.92 Å². The van der Waals surface area contributed by atoms with Gasteiger partial charge in [-0.05, 0) is 32.0 Å². The Kier molecular flexibility index (Phi) is 7.04. The number of aromatic nitrogens is 1. The van der Waals surface area contributed by atoms with Crippen LogP contribution in [0.3, 0.4) is 0 Å². The standard InChI is InChI=1S/C19H18Cl2N6O3S/c1-4-26(5-2)11-6-7-13(14(8-11)22-10(3)28)24-25-19-23-17-15(27(29)30)9-12(20)16(21)18(17)31-19/h6-9H,4-5H2,1-3H3,(H,22,28). The fourth-order valence-electron chi connectivity index (χ4n) is 2.96. The molecule has 0 saturated carbocycles. The van der Waals surface area contributed by atoms with Crippen molar-refractivity contribution in [1.29, 1.82) is 0 Å². The number of fused-ring (bicyclic) bond motifs is 1. The number of rotatable bonds is 7. The van der Waals surface area contributed by atoms with Crippen LogP contribution in [0.2, 0.25) is 10.0 Å². The highest BCUT2D eigenvalue weighted by Crippen LogP contribution is 2.43. The van der Waals surface area contributed by atoms with Gasteiger partial charge in [-0.25, -0.2) is 4.98 Å². The molecule has 0 atom stereocenters. The molecule has 3 rings (SSSR count). The Morgan fingerprint density at radius 1 is 1.26 bits per heavy atom. The molecule has 1 aromatic heterocycles. The van der Waals surface area contributed by atoms with Gasteiger partial charge in [-0.2, -0.15) is 0 Å². The molecule has 0 aliphatic carbocycles. The number of nitro benzene ring substituents is 1. The summed E-state index contributed by atoms with van der Waals surface area (Å²) in [4.78, 5) is 28.7. The van der Waals surface area contributed by atoms with Crippen LogP contribution in [0.25, 0.3) is 10.2 Å². The van der Waals surface area contributed by atoms with Crippen molar-refractivity contribution in [2.45, 2.75) is 20.8 Å². The molecule has 1 heterocycles. The Morgan fingerprint density at radius 3 is 2.58 bits per heavy atom. The van der Waals surface area contributed by atoms with Gasteiger partial charge in [0.05, 0.1) is 25.4 Å². The van der Waals surface area contributed by atoms with E-state index in [0.717, 1.165) is 36.2 Å². The van der Waals surface area contributed by atoms with E-state index in [0.29, 0.717) is 16.1 Å². The van der Waals surface area contributed by atoms with Gasteiger partial charge in [0, 0.05) is 31.8 Å². The Labute approximate surface area is 191 Å². The number of halogens is 2. The molecule has 0 aliphatic rings. The van der Waals surface area contributed by atoms with E-state index in [1.165, 1.54) is 6.92 Å². The fourth-order valence-corrected chi connectivity index (χ4v) is 4.32. The lowest BCUT2D eigenvalue weighted by atomic mass is 10.2. The van der Waals surface area contributed by atoms with Crippen LogP contribution in [0.1, 0.15) is 20.8 Å². The normalized spacial score (nSPS) is 11.3. The number of non-ortho nitro benzene ring substituents is 1. The molecule has 0 saturated heterocycles. The lowest BCUT2D eigenvalue weighted by molar-refractivity contribution is -0.383. The molecule has 0 radical (unpaired) electrons. The minimum atomic E-state index is -0.577. The van der Waals surface area contributed by atoms with E-state index in [9.17, 15) is 14.9 Å². The monoisotopic (exact) mass is 480 g/mol. The average Bonchev–Trinajstić information content (AvgIpc) is 3.15. The topological polar surface area (TPSA) is 113 Å². The van der Waals surface area contributed by atoms with Crippen molar-refractivity contribution < 1.29 is 9.72 Å². The van der Waals surface area contributed by atoms with Crippen molar-refractivity contribution in [3.05, 3.63) is 44.4 Å². The number of nitrogens with one attached hydrogen (secondary N) is 1. The van der Waals surface area contributed by atoms with Gasteiger partial charge in [0.1, 0.15) is 5.69 Å². The number of azo groups is 1. The minimum Gasteiger partial charge on any atom is -0.372 e. The predicted molar refractivity (Wildman–Crippen MR) is 125 cm³/mol. The Bertz CT molecular complexity index is 1190. The molecule has 1 N–H and O–H groups in total. The second-order valence-electron chi connectivity index (χ2n) is 6.38. The van der Waals surface area contributed by atoms with E-state index in [2.05, 4.69) is 25.4 Å². The molecule has 0 unspecified atom stereocenters. The van der Waals surface area contributed by atoms with Crippen molar-refractivity contribution in [3.63, 3.8) is 0 Å². The highest BCUT2D eigenvalue weighted by molar-refractivity contribution is 7.22. The number of carbonyl (C=O) groups is 1. The van der Waals surface area contributed by atoms with Gasteiger partial charge < -0.3 is 10.2 Å². The molecule has 0 aliphatic heterocycles. The van der Waals surface area contributed by atoms with E-state index >= 15 is 0 Å². The molecule has 12 heteroatoms. The molecule has 3 aromatic rings. The molecule has 9 nitrogen and oxygen atoms in total. The number of hydrogen-bond donors (Lipinski definition) is 1. The van der Waals surface area contributed by atoms with Gasteiger partial charge in [0.25, 0.3) is 5.69 Å². The lowest BCUT2D eigenvalue weighted by Gasteiger charge is -2.22. The number of carbonyl (C=O) groups excluding carboxylic acids is 1. The number of nitro groups is 1. The summed E-state index contributed by atoms with van der Waals surface area (Å²) < 4.78 is 0.355. The second-order valence-corrected chi connectivity index (χ2v) is 8.14. The SMILES string of the molecule is CCN(CC)c1ccc(N=Nc2nc3c([N+](=O)[O-])cc(Cl)c(Cl)c3s2)c(NC(C)=O)c1. The van der Waals surface area contributed by atoms with Gasteiger partial charge in [0.2, 0.25) is 11.0 Å². The minimum absolute atomic E-state index is 0.0629. The van der Waals surface area contributed by atoms with E-state index in [4.69, 9.17) is 23.2 Å². The van der Waals surface area contributed by atoms with Gasteiger partial charge in [-0.3, -0.25) is 14.9 Å². The fraction of sp³-hybridized carbons (Fsp3) is 0.263. The average molecular weight is 481 g/mol. The third kappa shape index (κ3) is 4.92. The van der Waals surface area contributed by atoms with Crippen molar-refractivity contribution in [1.82, 2.24) is 4.98 Å². The molecule has 0 bridgehead atoms. The Balaban J connectivity index is 2.03. The zero-order valence-corrected chi connectivity index (χ0v) is 19.2. The van der Waals surface area contributed by atoms with Gasteiger partial charge in [-0.15, -0.1) is 10.2 Å². The Morgan fingerprint density at radius 2 is 1.97 bits per heavy atom. The number of amides is 1. The first-order valence-corrected chi connectivity index (χ1v) is 10.8. The maximum atomic E-state index is 11.6. The summed E-state index contributed by atoms with van der Waals surface area (Å²) in [6, 6.07) is 6.60. The van der Waals surface area contributed by atoms with Crippen molar-refractivity contribution in [3.8, 4) is 0 Å². The van der Waals surface area contributed by atoms with E-state index in [-0.39, 0.29) is 32.3 Å². The maximum absolute atomic E-state index is 11.6. The number of nitrogens with zero attached hydrogens (tertiary/aromatic N) is 5. The van der Waals surface area contributed by atoms with Gasteiger partial charge >= 0.3 is 0 Å². The maximum Gasteiger partial charge on any atom is 0.298 e. The van der Waals surface area contributed by atoms with E-state index in [1.807, 2.05) is 26.0 Å². The summed E-state index contributed by atoms with van der Waals surface area (Å²) in [6.45, 7) is 7.11. The zero-order chi connectivity index (χ0) is 22.7. The molecule has 162 valence electrons. The van der Waals surface area contributed by atoms with Crippen molar-refractivity contribution >= 4 is 78.5 Å². The first kappa shape index (κ1) is 22.9. The van der Waals surface area contributed by atoms with Gasteiger partial charge in [0.15, 0.2) is 5.52 Å². The summed E-state index contributed by atoms with van der Waals surface area (Å²) in [5, 5.41) is 22.8. The van der Waals surface area contributed by atoms with Crippen LogP contribution in [0, 0.1) is 10.1 Å². The largest absolute Gasteiger partial charge is 0.372 e. The van der Waals surface area contributed by atoms with Crippen LogP contribution in [0.4, 0.5) is 27.9 Å². The van der Waals surface area contributed by atoms with Crippen molar-refractivity contribution in [2.75, 3.05) is 23.3 Å². The van der Waals surface area contributed by atoms with Crippen LogP contribution >= 0.6 is 34.5 Å². The smallest absolute Gasteiger partial charge is 0.298 e. The number of anilines is 2. The lowest BCUT2D eigenvalue weighted by Crippen LogP contribution is -2.21. The third-order valence-electron chi connectivity index (χ3n) is 4.39. The summed E-state index contributed by atoms with van der Waals surface area (Å²) in [6.07, 6.45) is 0. The summed E-state index contributed by atoms with van der Waals surface area (Å²) in [5.74, 6) is -0.245. The van der Waals surface area contributed by atoms with Gasteiger partial charge in [-0.1, -0.05) is 34.5 Å².